The second-order valence-electron chi connectivity index (χ2n) is 4.61. The van der Waals surface area contributed by atoms with Crippen LogP contribution < -0.4 is 10.6 Å². The summed E-state index contributed by atoms with van der Waals surface area (Å²) in [6, 6.07) is 7.13. The molecule has 0 bridgehead atoms. The summed E-state index contributed by atoms with van der Waals surface area (Å²) in [5, 5.41) is 0. The number of anilines is 1. The van der Waals surface area contributed by atoms with Gasteiger partial charge in [0.1, 0.15) is 5.52 Å². The highest BCUT2D eigenvalue weighted by Crippen LogP contribution is 2.29. The molecule has 0 aliphatic carbocycles. The standard InChI is InChI=1S/C12H14BrN3O/c1-7-4-9(14)6-16(7)12-15-10-5-8(13)2-3-11(10)17-12/h2-3,5,7,9H,4,6,14H2,1H3/t7-,9+/m1/s1. The van der Waals surface area contributed by atoms with Gasteiger partial charge in [-0.2, -0.15) is 4.98 Å². The number of halogens is 1. The molecule has 1 saturated heterocycles. The molecule has 17 heavy (non-hydrogen) atoms. The first-order chi connectivity index (χ1) is 8.13. The van der Waals surface area contributed by atoms with Gasteiger partial charge in [-0.3, -0.25) is 0 Å². The molecule has 0 radical (unpaired) electrons. The van der Waals surface area contributed by atoms with Crippen molar-refractivity contribution in [3.05, 3.63) is 22.7 Å². The lowest BCUT2D eigenvalue weighted by Crippen LogP contribution is -2.29. The van der Waals surface area contributed by atoms with E-state index in [1.165, 1.54) is 0 Å². The average Bonchev–Trinajstić information content (AvgIpc) is 2.80. The van der Waals surface area contributed by atoms with E-state index >= 15 is 0 Å². The molecule has 1 aromatic carbocycles. The van der Waals surface area contributed by atoms with Gasteiger partial charge in [-0.15, -0.1) is 0 Å². The Morgan fingerprint density at radius 1 is 1.53 bits per heavy atom. The molecular weight excluding hydrogens is 282 g/mol. The summed E-state index contributed by atoms with van der Waals surface area (Å²) in [4.78, 5) is 6.65. The molecule has 0 spiro atoms. The van der Waals surface area contributed by atoms with Crippen molar-refractivity contribution in [1.29, 1.82) is 0 Å². The number of fused-ring (bicyclic) bond motifs is 1. The van der Waals surface area contributed by atoms with Crippen LogP contribution in [-0.4, -0.2) is 23.6 Å². The first-order valence-electron chi connectivity index (χ1n) is 5.72. The number of nitrogens with two attached hydrogens (primary N) is 1. The Morgan fingerprint density at radius 2 is 2.35 bits per heavy atom. The van der Waals surface area contributed by atoms with Gasteiger partial charge in [-0.1, -0.05) is 15.9 Å². The lowest BCUT2D eigenvalue weighted by molar-refractivity contribution is 0.561. The third-order valence-electron chi connectivity index (χ3n) is 3.19. The molecule has 0 saturated carbocycles. The molecule has 2 atom stereocenters. The number of oxazole rings is 1. The first kappa shape index (κ1) is 11.0. The van der Waals surface area contributed by atoms with E-state index in [4.69, 9.17) is 10.2 Å². The predicted molar refractivity (Wildman–Crippen MR) is 71.1 cm³/mol. The summed E-state index contributed by atoms with van der Waals surface area (Å²) >= 11 is 3.43. The zero-order valence-electron chi connectivity index (χ0n) is 9.56. The lowest BCUT2D eigenvalue weighted by atomic mass is 10.2. The minimum absolute atomic E-state index is 0.215. The van der Waals surface area contributed by atoms with Crippen molar-refractivity contribution in [3.8, 4) is 0 Å². The summed E-state index contributed by atoms with van der Waals surface area (Å²) in [7, 11) is 0. The molecule has 5 heteroatoms. The minimum Gasteiger partial charge on any atom is -0.423 e. The Hall–Kier alpha value is -1.07. The third kappa shape index (κ3) is 1.93. The van der Waals surface area contributed by atoms with Crippen LogP contribution in [-0.2, 0) is 0 Å². The van der Waals surface area contributed by atoms with Crippen LogP contribution in [0.3, 0.4) is 0 Å². The summed E-state index contributed by atoms with van der Waals surface area (Å²) in [6.45, 7) is 2.97. The zero-order valence-corrected chi connectivity index (χ0v) is 11.1. The van der Waals surface area contributed by atoms with Crippen molar-refractivity contribution in [1.82, 2.24) is 4.98 Å². The quantitative estimate of drug-likeness (QED) is 0.878. The predicted octanol–water partition coefficient (Wildman–Crippen LogP) is 2.52. The van der Waals surface area contributed by atoms with Gasteiger partial charge in [0, 0.05) is 23.1 Å². The third-order valence-corrected chi connectivity index (χ3v) is 3.68. The number of aromatic nitrogens is 1. The van der Waals surface area contributed by atoms with E-state index in [0.717, 1.165) is 28.5 Å². The second kappa shape index (κ2) is 3.99. The molecule has 3 rings (SSSR count). The maximum absolute atomic E-state index is 5.95. The molecule has 4 nitrogen and oxygen atoms in total. The van der Waals surface area contributed by atoms with Gasteiger partial charge in [0.05, 0.1) is 0 Å². The smallest absolute Gasteiger partial charge is 0.298 e. The van der Waals surface area contributed by atoms with E-state index in [1.807, 2.05) is 18.2 Å². The highest BCUT2D eigenvalue weighted by atomic mass is 79.9. The van der Waals surface area contributed by atoms with Crippen LogP contribution in [0.2, 0.25) is 0 Å². The Bertz CT molecular complexity index is 554. The fourth-order valence-corrected chi connectivity index (χ4v) is 2.70. The van der Waals surface area contributed by atoms with Crippen molar-refractivity contribution in [2.45, 2.75) is 25.4 Å². The van der Waals surface area contributed by atoms with E-state index < -0.39 is 0 Å². The van der Waals surface area contributed by atoms with E-state index in [9.17, 15) is 0 Å². The lowest BCUT2D eigenvalue weighted by Gasteiger charge is -2.18. The highest BCUT2D eigenvalue weighted by Gasteiger charge is 2.29. The van der Waals surface area contributed by atoms with Crippen molar-refractivity contribution in [3.63, 3.8) is 0 Å². The number of hydrogen-bond donors (Lipinski definition) is 1. The molecule has 0 unspecified atom stereocenters. The average molecular weight is 296 g/mol. The fourth-order valence-electron chi connectivity index (χ4n) is 2.35. The van der Waals surface area contributed by atoms with E-state index in [1.54, 1.807) is 0 Å². The molecule has 2 heterocycles. The molecule has 90 valence electrons. The van der Waals surface area contributed by atoms with Gasteiger partial charge >= 0.3 is 0 Å². The van der Waals surface area contributed by atoms with E-state index in [2.05, 4.69) is 32.7 Å². The Balaban J connectivity index is 2.01. The van der Waals surface area contributed by atoms with Crippen molar-refractivity contribution >= 4 is 33.0 Å². The second-order valence-corrected chi connectivity index (χ2v) is 5.52. The number of nitrogens with zero attached hydrogens (tertiary/aromatic N) is 2. The molecule has 2 N–H and O–H groups in total. The van der Waals surface area contributed by atoms with Crippen LogP contribution in [0.4, 0.5) is 6.01 Å². The number of rotatable bonds is 1. The minimum atomic E-state index is 0.215. The maximum Gasteiger partial charge on any atom is 0.298 e. The first-order valence-corrected chi connectivity index (χ1v) is 6.51. The normalized spacial score (nSPS) is 24.8. The molecule has 2 aromatic rings. The van der Waals surface area contributed by atoms with Gasteiger partial charge in [0.2, 0.25) is 0 Å². The van der Waals surface area contributed by atoms with Crippen LogP contribution in [0.25, 0.3) is 11.1 Å². The van der Waals surface area contributed by atoms with Crippen LogP contribution in [0.1, 0.15) is 13.3 Å². The van der Waals surface area contributed by atoms with Crippen molar-refractivity contribution < 1.29 is 4.42 Å². The zero-order chi connectivity index (χ0) is 12.0. The number of hydrogen-bond acceptors (Lipinski definition) is 4. The van der Waals surface area contributed by atoms with E-state index in [-0.39, 0.29) is 6.04 Å². The van der Waals surface area contributed by atoms with Crippen molar-refractivity contribution in [2.24, 2.45) is 5.73 Å². The van der Waals surface area contributed by atoms with Crippen LogP contribution in [0.5, 0.6) is 0 Å². The largest absolute Gasteiger partial charge is 0.423 e. The van der Waals surface area contributed by atoms with Gasteiger partial charge in [-0.05, 0) is 31.5 Å². The van der Waals surface area contributed by atoms with Gasteiger partial charge in [0.25, 0.3) is 6.01 Å². The summed E-state index contributed by atoms with van der Waals surface area (Å²) in [5.74, 6) is 0. The Kier molecular flexibility index (Phi) is 2.60. The van der Waals surface area contributed by atoms with Gasteiger partial charge in [-0.25, -0.2) is 0 Å². The van der Waals surface area contributed by atoms with Crippen LogP contribution in [0, 0.1) is 0 Å². The van der Waals surface area contributed by atoms with Gasteiger partial charge < -0.3 is 15.1 Å². The Morgan fingerprint density at radius 3 is 3.06 bits per heavy atom. The monoisotopic (exact) mass is 295 g/mol. The highest BCUT2D eigenvalue weighted by molar-refractivity contribution is 9.10. The molecule has 1 fully saturated rings. The number of benzene rings is 1. The molecule has 0 amide bonds. The molecular formula is C12H14BrN3O. The van der Waals surface area contributed by atoms with Crippen LogP contribution in [0.15, 0.2) is 27.1 Å². The summed E-state index contributed by atoms with van der Waals surface area (Å²) in [6.07, 6.45) is 0.989. The van der Waals surface area contributed by atoms with Gasteiger partial charge in [0.15, 0.2) is 5.58 Å². The SMILES string of the molecule is C[C@@H]1C[C@H](N)CN1c1nc2cc(Br)ccc2o1. The maximum atomic E-state index is 5.95. The van der Waals surface area contributed by atoms with Crippen LogP contribution >= 0.6 is 15.9 Å². The fraction of sp³-hybridized carbons (Fsp3) is 0.417. The molecule has 1 aromatic heterocycles. The molecule has 1 aliphatic heterocycles. The van der Waals surface area contributed by atoms with Crippen molar-refractivity contribution in [2.75, 3.05) is 11.4 Å². The molecule has 1 aliphatic rings. The Labute approximate surface area is 108 Å². The van der Waals surface area contributed by atoms with E-state index in [0.29, 0.717) is 12.1 Å². The summed E-state index contributed by atoms with van der Waals surface area (Å²) in [5.41, 5.74) is 7.65. The summed E-state index contributed by atoms with van der Waals surface area (Å²) < 4.78 is 6.77. The topological polar surface area (TPSA) is 55.3 Å².